The van der Waals surface area contributed by atoms with Gasteiger partial charge in [0.25, 0.3) is 0 Å². The van der Waals surface area contributed by atoms with Gasteiger partial charge in [0.05, 0.1) is 12.5 Å². The molecule has 2 rings (SSSR count). The minimum absolute atomic E-state index is 0.0341. The van der Waals surface area contributed by atoms with Crippen LogP contribution in [0.25, 0.3) is 0 Å². The van der Waals surface area contributed by atoms with Crippen LogP contribution in [-0.2, 0) is 13.0 Å². The van der Waals surface area contributed by atoms with Crippen LogP contribution in [0.3, 0.4) is 0 Å². The van der Waals surface area contributed by atoms with E-state index in [0.29, 0.717) is 18.8 Å². The Balaban J connectivity index is 1.75. The van der Waals surface area contributed by atoms with E-state index in [9.17, 15) is 9.90 Å². The van der Waals surface area contributed by atoms with Gasteiger partial charge in [0.2, 0.25) is 0 Å². The predicted octanol–water partition coefficient (Wildman–Crippen LogP) is 1.25. The number of aromatic nitrogens is 3. The first-order valence-corrected chi connectivity index (χ1v) is 7.29. The highest BCUT2D eigenvalue weighted by atomic mass is 16.3. The molecule has 1 atom stereocenters. The summed E-state index contributed by atoms with van der Waals surface area (Å²) in [5, 5.41) is 22.4. The fourth-order valence-electron chi connectivity index (χ4n) is 2.01. The molecule has 2 heterocycles. The molecule has 0 unspecified atom stereocenters. The van der Waals surface area contributed by atoms with E-state index in [1.54, 1.807) is 23.2 Å². The molecule has 0 saturated carbocycles. The summed E-state index contributed by atoms with van der Waals surface area (Å²) < 4.78 is 6.90. The number of amides is 2. The summed E-state index contributed by atoms with van der Waals surface area (Å²) in [6.07, 6.45) is 4.77. The largest absolute Gasteiger partial charge is 0.469 e. The van der Waals surface area contributed by atoms with Gasteiger partial charge in [-0.3, -0.25) is 10.00 Å². The smallest absolute Gasteiger partial charge is 0.320 e. The summed E-state index contributed by atoms with van der Waals surface area (Å²) in [6, 6.07) is 3.26. The average molecular weight is 307 g/mol. The third-order valence-electron chi connectivity index (χ3n) is 3.11. The van der Waals surface area contributed by atoms with Crippen LogP contribution in [0.4, 0.5) is 10.6 Å². The van der Waals surface area contributed by atoms with E-state index >= 15 is 0 Å². The molecule has 0 aliphatic heterocycles. The molecule has 0 aliphatic rings. The van der Waals surface area contributed by atoms with E-state index in [0.717, 1.165) is 18.7 Å². The van der Waals surface area contributed by atoms with E-state index in [-0.39, 0.29) is 18.6 Å². The Hall–Kier alpha value is -2.35. The Kier molecular flexibility index (Phi) is 5.96. The lowest BCUT2D eigenvalue weighted by molar-refractivity contribution is 0.213. The summed E-state index contributed by atoms with van der Waals surface area (Å²) in [5.41, 5.74) is 0. The van der Waals surface area contributed by atoms with E-state index < -0.39 is 0 Å². The van der Waals surface area contributed by atoms with Crippen molar-refractivity contribution < 1.29 is 14.3 Å². The first kappa shape index (κ1) is 16.0. The number of carbonyl (C=O) groups is 1. The summed E-state index contributed by atoms with van der Waals surface area (Å²) in [7, 11) is 0. The van der Waals surface area contributed by atoms with Gasteiger partial charge in [-0.05, 0) is 18.6 Å². The Morgan fingerprint density at radius 1 is 1.55 bits per heavy atom. The van der Waals surface area contributed by atoms with Crippen LogP contribution in [0, 0.1) is 5.92 Å². The first-order chi connectivity index (χ1) is 10.7. The molecule has 0 aliphatic carbocycles. The molecule has 0 saturated heterocycles. The standard InChI is InChI=1S/C14H21N5O3/c1-2-5-19-9-13(17-18-19)16-14(21)15-8-11(10-20)7-12-4-3-6-22-12/h3-4,6,9,11,20H,2,5,7-8,10H2,1H3,(H2,15,16,21)/t11-/m0/s1. The molecule has 0 spiro atoms. The molecule has 0 fully saturated rings. The number of aliphatic hydroxyl groups excluding tert-OH is 1. The molecule has 2 aromatic heterocycles. The molecule has 3 N–H and O–H groups in total. The minimum Gasteiger partial charge on any atom is -0.469 e. The monoisotopic (exact) mass is 307 g/mol. The zero-order valence-corrected chi connectivity index (χ0v) is 12.5. The van der Waals surface area contributed by atoms with Gasteiger partial charge in [-0.2, -0.15) is 0 Å². The van der Waals surface area contributed by atoms with Crippen LogP contribution in [0.15, 0.2) is 29.0 Å². The number of carbonyl (C=O) groups excluding carboxylic acids is 1. The fraction of sp³-hybridized carbons (Fsp3) is 0.500. The number of rotatable bonds is 8. The molecule has 22 heavy (non-hydrogen) atoms. The van der Waals surface area contributed by atoms with E-state index in [1.165, 1.54) is 0 Å². The maximum atomic E-state index is 11.8. The van der Waals surface area contributed by atoms with Crippen molar-refractivity contribution >= 4 is 11.8 Å². The van der Waals surface area contributed by atoms with Crippen molar-refractivity contribution in [3.8, 4) is 0 Å². The lowest BCUT2D eigenvalue weighted by Crippen LogP contribution is -2.35. The molecule has 2 amide bonds. The van der Waals surface area contributed by atoms with Gasteiger partial charge in [-0.1, -0.05) is 12.1 Å². The molecular formula is C14H21N5O3. The van der Waals surface area contributed by atoms with Crippen molar-refractivity contribution in [2.45, 2.75) is 26.3 Å². The fourth-order valence-corrected chi connectivity index (χ4v) is 2.01. The lowest BCUT2D eigenvalue weighted by Gasteiger charge is -2.13. The van der Waals surface area contributed by atoms with Crippen LogP contribution in [-0.4, -0.2) is 39.3 Å². The molecule has 120 valence electrons. The minimum atomic E-state index is -0.374. The second kappa shape index (κ2) is 8.18. The van der Waals surface area contributed by atoms with E-state index in [2.05, 4.69) is 20.9 Å². The van der Waals surface area contributed by atoms with Gasteiger partial charge in [-0.25, -0.2) is 4.79 Å². The number of nitrogens with zero attached hydrogens (tertiary/aromatic N) is 3. The molecular weight excluding hydrogens is 286 g/mol. The van der Waals surface area contributed by atoms with Gasteiger partial charge >= 0.3 is 6.03 Å². The molecule has 8 heteroatoms. The van der Waals surface area contributed by atoms with Crippen LogP contribution in [0.2, 0.25) is 0 Å². The van der Waals surface area contributed by atoms with E-state index in [4.69, 9.17) is 4.42 Å². The third-order valence-corrected chi connectivity index (χ3v) is 3.11. The number of aryl methyl sites for hydroxylation is 1. The Labute approximate surface area is 128 Å². The number of anilines is 1. The second-order valence-corrected chi connectivity index (χ2v) is 5.03. The highest BCUT2D eigenvalue weighted by molar-refractivity contribution is 5.87. The zero-order valence-electron chi connectivity index (χ0n) is 12.5. The lowest BCUT2D eigenvalue weighted by atomic mass is 10.1. The molecule has 0 radical (unpaired) electrons. The topological polar surface area (TPSA) is 105 Å². The summed E-state index contributed by atoms with van der Waals surface area (Å²) in [5.74, 6) is 1.08. The van der Waals surface area contributed by atoms with Gasteiger partial charge in [0.1, 0.15) is 5.76 Å². The number of nitrogens with one attached hydrogen (secondary N) is 2. The maximum Gasteiger partial charge on any atom is 0.320 e. The van der Waals surface area contributed by atoms with E-state index in [1.807, 2.05) is 13.0 Å². The van der Waals surface area contributed by atoms with Crippen molar-refractivity contribution in [1.82, 2.24) is 20.3 Å². The normalized spacial score (nSPS) is 12.1. The van der Waals surface area contributed by atoms with Gasteiger partial charge in [0.15, 0.2) is 5.82 Å². The molecule has 0 bridgehead atoms. The highest BCUT2D eigenvalue weighted by Gasteiger charge is 2.13. The number of urea groups is 1. The van der Waals surface area contributed by atoms with Crippen LogP contribution >= 0.6 is 0 Å². The van der Waals surface area contributed by atoms with Crippen molar-refractivity contribution in [2.75, 3.05) is 18.5 Å². The Morgan fingerprint density at radius 2 is 2.41 bits per heavy atom. The maximum absolute atomic E-state index is 11.8. The van der Waals surface area contributed by atoms with Gasteiger partial charge in [-0.15, -0.1) is 5.10 Å². The first-order valence-electron chi connectivity index (χ1n) is 7.29. The van der Waals surface area contributed by atoms with Gasteiger partial charge in [0, 0.05) is 32.0 Å². The summed E-state index contributed by atoms with van der Waals surface area (Å²) in [4.78, 5) is 11.8. The average Bonchev–Trinajstić information content (AvgIpc) is 3.16. The summed E-state index contributed by atoms with van der Waals surface area (Å²) in [6.45, 7) is 3.10. The third kappa shape index (κ3) is 4.88. The van der Waals surface area contributed by atoms with Crippen molar-refractivity contribution in [1.29, 1.82) is 0 Å². The van der Waals surface area contributed by atoms with Crippen molar-refractivity contribution in [3.63, 3.8) is 0 Å². The van der Waals surface area contributed by atoms with Gasteiger partial charge < -0.3 is 14.8 Å². The number of aliphatic hydroxyl groups is 1. The number of hydrogen-bond acceptors (Lipinski definition) is 5. The Morgan fingerprint density at radius 3 is 3.09 bits per heavy atom. The Bertz CT molecular complexity index is 567. The zero-order chi connectivity index (χ0) is 15.8. The van der Waals surface area contributed by atoms with Crippen LogP contribution < -0.4 is 10.6 Å². The number of hydrogen-bond donors (Lipinski definition) is 3. The quantitative estimate of drug-likeness (QED) is 0.681. The van der Waals surface area contributed by atoms with Crippen molar-refractivity contribution in [3.05, 3.63) is 30.4 Å². The molecule has 2 aromatic rings. The summed E-state index contributed by atoms with van der Waals surface area (Å²) >= 11 is 0. The second-order valence-electron chi connectivity index (χ2n) is 5.03. The van der Waals surface area contributed by atoms with Crippen LogP contribution in [0.5, 0.6) is 0 Å². The highest BCUT2D eigenvalue weighted by Crippen LogP contribution is 2.08. The molecule has 0 aromatic carbocycles. The van der Waals surface area contributed by atoms with Crippen LogP contribution in [0.1, 0.15) is 19.1 Å². The van der Waals surface area contributed by atoms with Crippen molar-refractivity contribution in [2.24, 2.45) is 5.92 Å². The molecule has 8 nitrogen and oxygen atoms in total. The number of furan rings is 1. The predicted molar refractivity (Wildman–Crippen MR) is 80.3 cm³/mol. The SMILES string of the molecule is CCCn1cc(NC(=O)NC[C@@H](CO)Cc2ccco2)nn1.